The molecule has 4 heteroatoms. The van der Waals surface area contributed by atoms with Crippen molar-refractivity contribution in [3.05, 3.63) is 65.1 Å². The van der Waals surface area contributed by atoms with Crippen LogP contribution in [0.25, 0.3) is 10.9 Å². The average molecular weight is 349 g/mol. The summed E-state index contributed by atoms with van der Waals surface area (Å²) in [5.74, 6) is 0.138. The van der Waals surface area contributed by atoms with E-state index < -0.39 is 0 Å². The number of aromatic amines is 1. The van der Waals surface area contributed by atoms with E-state index in [-0.39, 0.29) is 11.9 Å². The maximum absolute atomic E-state index is 12.9. The Hall–Kier alpha value is -2.62. The van der Waals surface area contributed by atoms with Crippen molar-refractivity contribution in [3.63, 3.8) is 0 Å². The molecule has 136 valence electrons. The number of fused-ring (bicyclic) bond motifs is 1. The summed E-state index contributed by atoms with van der Waals surface area (Å²) in [5.41, 5.74) is 5.66. The van der Waals surface area contributed by atoms with E-state index in [4.69, 9.17) is 0 Å². The summed E-state index contributed by atoms with van der Waals surface area (Å²) >= 11 is 0. The predicted octanol–water partition coefficient (Wildman–Crippen LogP) is 4.07. The van der Waals surface area contributed by atoms with E-state index in [1.165, 1.54) is 16.5 Å². The van der Waals surface area contributed by atoms with Crippen LogP contribution < -0.4 is 0 Å². The fourth-order valence-corrected chi connectivity index (χ4v) is 3.47. The molecule has 0 fully saturated rings. The van der Waals surface area contributed by atoms with E-state index in [2.05, 4.69) is 48.9 Å². The predicted molar refractivity (Wildman–Crippen MR) is 106 cm³/mol. The van der Waals surface area contributed by atoms with Crippen LogP contribution in [-0.4, -0.2) is 33.9 Å². The van der Waals surface area contributed by atoms with E-state index in [1.807, 2.05) is 30.1 Å². The number of carbonyl (C=O) groups is 1. The lowest BCUT2D eigenvalue weighted by Crippen LogP contribution is -2.37. The summed E-state index contributed by atoms with van der Waals surface area (Å²) in [6, 6.07) is 12.3. The number of amides is 1. The number of likely N-dealkylation sites (N-methyl/N-ethyl adjacent to an activating group) is 1. The third kappa shape index (κ3) is 3.64. The summed E-state index contributed by atoms with van der Waals surface area (Å²) in [7, 11) is 1.89. The molecule has 1 aromatic carbocycles. The summed E-state index contributed by atoms with van der Waals surface area (Å²) in [5, 5.41) is 1.17. The van der Waals surface area contributed by atoms with Crippen molar-refractivity contribution < 1.29 is 4.79 Å². The molecule has 0 aliphatic heterocycles. The first-order chi connectivity index (χ1) is 12.5. The minimum atomic E-state index is 0.106. The lowest BCUT2D eigenvalue weighted by atomic mass is 10.0. The highest BCUT2D eigenvalue weighted by Crippen LogP contribution is 2.26. The van der Waals surface area contributed by atoms with Gasteiger partial charge < -0.3 is 9.88 Å². The second kappa shape index (κ2) is 7.73. The van der Waals surface area contributed by atoms with Crippen LogP contribution in [0.1, 0.15) is 36.4 Å². The van der Waals surface area contributed by atoms with Gasteiger partial charge in [-0.25, -0.2) is 0 Å². The Labute approximate surface area is 155 Å². The number of nitrogens with zero attached hydrogens (tertiary/aromatic N) is 2. The van der Waals surface area contributed by atoms with Crippen molar-refractivity contribution in [1.82, 2.24) is 14.9 Å². The molecular weight excluding hydrogens is 322 g/mol. The van der Waals surface area contributed by atoms with Crippen LogP contribution >= 0.6 is 0 Å². The number of hydrogen-bond donors (Lipinski definition) is 1. The molecule has 2 aromatic heterocycles. The molecule has 1 atom stereocenters. The maximum atomic E-state index is 12.9. The van der Waals surface area contributed by atoms with Crippen LogP contribution in [0.2, 0.25) is 0 Å². The first-order valence-corrected chi connectivity index (χ1v) is 9.25. The summed E-state index contributed by atoms with van der Waals surface area (Å²) in [4.78, 5) is 22.6. The number of H-pyrrole nitrogens is 1. The van der Waals surface area contributed by atoms with Gasteiger partial charge in [-0.05, 0) is 43.5 Å². The highest BCUT2D eigenvalue weighted by molar-refractivity contribution is 5.91. The largest absolute Gasteiger partial charge is 0.358 e. The molecule has 0 spiro atoms. The number of pyridine rings is 1. The Morgan fingerprint density at radius 3 is 2.73 bits per heavy atom. The van der Waals surface area contributed by atoms with E-state index in [1.54, 1.807) is 6.20 Å². The number of benzene rings is 1. The van der Waals surface area contributed by atoms with Gasteiger partial charge >= 0.3 is 0 Å². The molecule has 1 unspecified atom stereocenters. The van der Waals surface area contributed by atoms with Crippen molar-refractivity contribution in [2.24, 2.45) is 0 Å². The SMILES string of the molecule is CCc1cccc2c(CC(=O)N(C)C(C)Cc3ccccn3)c(C)[nH]c12. The summed E-state index contributed by atoms with van der Waals surface area (Å²) in [6.07, 6.45) is 3.95. The van der Waals surface area contributed by atoms with Crippen LogP contribution in [0.5, 0.6) is 0 Å². The Kier molecular flexibility index (Phi) is 5.40. The number of aryl methyl sites for hydroxylation is 2. The first kappa shape index (κ1) is 18.2. The smallest absolute Gasteiger partial charge is 0.227 e. The minimum Gasteiger partial charge on any atom is -0.358 e. The topological polar surface area (TPSA) is 49.0 Å². The Morgan fingerprint density at radius 1 is 1.23 bits per heavy atom. The van der Waals surface area contributed by atoms with E-state index in [0.717, 1.165) is 29.8 Å². The molecule has 0 radical (unpaired) electrons. The molecule has 0 aliphatic carbocycles. The van der Waals surface area contributed by atoms with Gasteiger partial charge in [-0.2, -0.15) is 0 Å². The van der Waals surface area contributed by atoms with Gasteiger partial charge in [0, 0.05) is 48.0 Å². The van der Waals surface area contributed by atoms with E-state index >= 15 is 0 Å². The number of hydrogen-bond acceptors (Lipinski definition) is 2. The zero-order chi connectivity index (χ0) is 18.7. The van der Waals surface area contributed by atoms with Crippen LogP contribution in [0.3, 0.4) is 0 Å². The zero-order valence-electron chi connectivity index (χ0n) is 16.0. The first-order valence-electron chi connectivity index (χ1n) is 9.25. The lowest BCUT2D eigenvalue weighted by Gasteiger charge is -2.25. The summed E-state index contributed by atoms with van der Waals surface area (Å²) < 4.78 is 0. The molecule has 3 rings (SSSR count). The molecule has 0 saturated heterocycles. The van der Waals surface area contributed by atoms with Gasteiger partial charge in [0.2, 0.25) is 5.91 Å². The highest BCUT2D eigenvalue weighted by Gasteiger charge is 2.20. The van der Waals surface area contributed by atoms with Crippen molar-refractivity contribution in [3.8, 4) is 0 Å². The molecule has 0 bridgehead atoms. The molecule has 0 aliphatic rings. The van der Waals surface area contributed by atoms with Gasteiger partial charge in [-0.3, -0.25) is 9.78 Å². The number of para-hydroxylation sites is 1. The standard InChI is InChI=1S/C22H27N3O/c1-5-17-9-8-11-19-20(16(3)24-22(17)19)14-21(26)25(4)15(2)13-18-10-6-7-12-23-18/h6-12,15,24H,5,13-14H2,1-4H3. The van der Waals surface area contributed by atoms with Crippen LogP contribution in [0, 0.1) is 6.92 Å². The Balaban J connectivity index is 1.77. The monoisotopic (exact) mass is 349 g/mol. The molecular formula is C22H27N3O. The van der Waals surface area contributed by atoms with E-state index in [0.29, 0.717) is 6.42 Å². The van der Waals surface area contributed by atoms with Crippen molar-refractivity contribution in [1.29, 1.82) is 0 Å². The Bertz CT molecular complexity index is 898. The van der Waals surface area contributed by atoms with E-state index in [9.17, 15) is 4.79 Å². The van der Waals surface area contributed by atoms with Gasteiger partial charge in [0.15, 0.2) is 0 Å². The van der Waals surface area contributed by atoms with Crippen LogP contribution in [0.15, 0.2) is 42.6 Å². The van der Waals surface area contributed by atoms with Crippen molar-refractivity contribution in [2.75, 3.05) is 7.05 Å². The third-order valence-corrected chi connectivity index (χ3v) is 5.24. The fraction of sp³-hybridized carbons (Fsp3) is 0.364. The number of nitrogens with one attached hydrogen (secondary N) is 1. The van der Waals surface area contributed by atoms with Gasteiger partial charge in [-0.1, -0.05) is 31.2 Å². The van der Waals surface area contributed by atoms with Crippen molar-refractivity contribution >= 4 is 16.8 Å². The Morgan fingerprint density at radius 2 is 2.04 bits per heavy atom. The maximum Gasteiger partial charge on any atom is 0.227 e. The van der Waals surface area contributed by atoms with Gasteiger partial charge in [0.1, 0.15) is 0 Å². The quantitative estimate of drug-likeness (QED) is 0.729. The molecule has 1 amide bonds. The molecule has 1 N–H and O–H groups in total. The molecule has 26 heavy (non-hydrogen) atoms. The molecule has 4 nitrogen and oxygen atoms in total. The molecule has 3 aromatic rings. The van der Waals surface area contributed by atoms with Gasteiger partial charge in [0.05, 0.1) is 6.42 Å². The number of carbonyl (C=O) groups excluding carboxylic acids is 1. The van der Waals surface area contributed by atoms with Crippen LogP contribution in [0.4, 0.5) is 0 Å². The zero-order valence-corrected chi connectivity index (χ0v) is 16.0. The second-order valence-corrected chi connectivity index (χ2v) is 6.98. The molecule has 0 saturated carbocycles. The lowest BCUT2D eigenvalue weighted by molar-refractivity contribution is -0.130. The third-order valence-electron chi connectivity index (χ3n) is 5.24. The highest BCUT2D eigenvalue weighted by atomic mass is 16.2. The summed E-state index contributed by atoms with van der Waals surface area (Å²) in [6.45, 7) is 6.28. The van der Waals surface area contributed by atoms with Crippen molar-refractivity contribution in [2.45, 2.75) is 46.1 Å². The van der Waals surface area contributed by atoms with Gasteiger partial charge in [0.25, 0.3) is 0 Å². The number of rotatable bonds is 6. The fourth-order valence-electron chi connectivity index (χ4n) is 3.47. The minimum absolute atomic E-state index is 0.106. The second-order valence-electron chi connectivity index (χ2n) is 6.98. The average Bonchev–Trinajstić information content (AvgIpc) is 2.97. The van der Waals surface area contributed by atoms with Gasteiger partial charge in [-0.15, -0.1) is 0 Å². The van der Waals surface area contributed by atoms with Crippen LogP contribution in [-0.2, 0) is 24.1 Å². The molecule has 2 heterocycles. The number of aromatic nitrogens is 2. The normalized spacial score (nSPS) is 12.3.